The molecule has 2 aromatic heterocycles. The Bertz CT molecular complexity index is 1120. The maximum atomic E-state index is 12.8. The molecule has 2 saturated heterocycles. The predicted octanol–water partition coefficient (Wildman–Crippen LogP) is 3.39. The fourth-order valence-corrected chi connectivity index (χ4v) is 4.99. The number of rotatable bonds is 4. The van der Waals surface area contributed by atoms with Crippen molar-refractivity contribution in [3.05, 3.63) is 66.0 Å². The average molecular weight is 490 g/mol. The van der Waals surface area contributed by atoms with Crippen LogP contribution in [0.3, 0.4) is 0 Å². The van der Waals surface area contributed by atoms with Crippen molar-refractivity contribution in [3.63, 3.8) is 0 Å². The lowest BCUT2D eigenvalue weighted by atomic mass is 10.1. The van der Waals surface area contributed by atoms with Crippen LogP contribution in [0.15, 0.2) is 48.8 Å². The van der Waals surface area contributed by atoms with Gasteiger partial charge < -0.3 is 10.2 Å². The summed E-state index contributed by atoms with van der Waals surface area (Å²) in [6.07, 6.45) is 9.37. The fraction of sp³-hybridized carbons (Fsp3) is 0.417. The number of fused-ring (bicyclic) bond motifs is 1. The number of hydrogen-bond acceptors (Lipinski definition) is 4. The number of carbonyl (C=O) groups is 1. The molecule has 5 rings (SSSR count). The molecular weight excluding hydrogens is 460 g/mol. The van der Waals surface area contributed by atoms with E-state index in [1.54, 1.807) is 17.0 Å². The van der Waals surface area contributed by atoms with Gasteiger partial charge in [-0.15, -0.1) is 0 Å². The number of hydrogen-bond donors (Lipinski definition) is 1. The van der Waals surface area contributed by atoms with E-state index in [1.165, 1.54) is 12.8 Å². The van der Waals surface area contributed by atoms with E-state index in [0.29, 0.717) is 5.56 Å². The normalized spacial score (nSPS) is 17.9. The van der Waals surface area contributed by atoms with E-state index in [4.69, 9.17) is 0 Å². The van der Waals surface area contributed by atoms with Crippen LogP contribution in [-0.2, 0) is 11.0 Å². The number of nitrogens with one attached hydrogen (secondary N) is 1. The van der Waals surface area contributed by atoms with Gasteiger partial charge in [-0.2, -0.15) is 5.10 Å². The van der Waals surface area contributed by atoms with E-state index in [1.807, 2.05) is 10.5 Å². The van der Waals surface area contributed by atoms with Crippen LogP contribution < -0.4 is 10.2 Å². The van der Waals surface area contributed by atoms with Gasteiger partial charge in [-0.1, -0.05) is 0 Å². The summed E-state index contributed by atoms with van der Waals surface area (Å²) in [7, 11) is -0.929. The lowest BCUT2D eigenvalue weighted by Gasteiger charge is -2.30. The van der Waals surface area contributed by atoms with Crippen LogP contribution in [-0.4, -0.2) is 62.5 Å². The van der Waals surface area contributed by atoms with Crippen molar-refractivity contribution < 1.29 is 17.8 Å². The summed E-state index contributed by atoms with van der Waals surface area (Å²) >= 11 is 0. The molecule has 7 nitrogen and oxygen atoms in total. The molecule has 0 aliphatic carbocycles. The highest BCUT2D eigenvalue weighted by Gasteiger charge is 2.24. The molecule has 0 radical (unpaired) electrons. The second-order valence-corrected chi connectivity index (χ2v) is 9.87. The van der Waals surface area contributed by atoms with Crippen LogP contribution >= 0.6 is 0 Å². The highest BCUT2D eigenvalue weighted by Crippen LogP contribution is 2.23. The van der Waals surface area contributed by atoms with Crippen molar-refractivity contribution >= 4 is 28.1 Å². The number of nitrogens with zero attached hydrogens (tertiary/aromatic N) is 4. The quantitative estimate of drug-likeness (QED) is 0.610. The molecule has 2 aliphatic rings. The molecule has 1 N–H and O–H groups in total. The molecule has 4 heterocycles. The standard InChI is InChI=1S/C18H25N5O2S.C6H4F2/c1-26(25)22-9-4-14(5-10-22)20-18(24)16-13-19-23-11-6-15(12-17(16)23)21-7-2-3-8-21;7-5-1-2-6(8)4-3-5/h6,11-14H,2-5,7-10H2,1H3,(H,20,24);1-4H. The van der Waals surface area contributed by atoms with Crippen molar-refractivity contribution in [2.24, 2.45) is 0 Å². The van der Waals surface area contributed by atoms with Gasteiger partial charge in [0.05, 0.1) is 28.3 Å². The van der Waals surface area contributed by atoms with Gasteiger partial charge in [0.1, 0.15) is 11.6 Å². The van der Waals surface area contributed by atoms with E-state index >= 15 is 0 Å². The van der Waals surface area contributed by atoms with Crippen LogP contribution in [0.25, 0.3) is 5.52 Å². The van der Waals surface area contributed by atoms with Crippen molar-refractivity contribution in [3.8, 4) is 0 Å². The van der Waals surface area contributed by atoms with Crippen LogP contribution in [0.4, 0.5) is 14.5 Å². The summed E-state index contributed by atoms with van der Waals surface area (Å²) in [6.45, 7) is 3.65. The molecule has 0 bridgehead atoms. The van der Waals surface area contributed by atoms with E-state index in [2.05, 4.69) is 27.4 Å². The molecule has 0 spiro atoms. The first-order chi connectivity index (χ1) is 16.4. The highest BCUT2D eigenvalue weighted by molar-refractivity contribution is 7.81. The molecule has 182 valence electrons. The number of carbonyl (C=O) groups excluding carboxylic acids is 1. The number of piperidine rings is 1. The number of anilines is 1. The molecule has 1 atom stereocenters. The van der Waals surface area contributed by atoms with Crippen molar-refractivity contribution in [2.75, 3.05) is 37.3 Å². The van der Waals surface area contributed by atoms with Gasteiger partial charge in [-0.25, -0.2) is 21.8 Å². The van der Waals surface area contributed by atoms with E-state index < -0.39 is 22.6 Å². The van der Waals surface area contributed by atoms with Gasteiger partial charge >= 0.3 is 0 Å². The van der Waals surface area contributed by atoms with Gasteiger partial charge in [0.15, 0.2) is 0 Å². The maximum absolute atomic E-state index is 12.8. The number of pyridine rings is 1. The molecular formula is C24H29F2N5O2S. The second-order valence-electron chi connectivity index (χ2n) is 8.50. The molecule has 34 heavy (non-hydrogen) atoms. The lowest BCUT2D eigenvalue weighted by Crippen LogP contribution is -2.44. The van der Waals surface area contributed by atoms with Crippen LogP contribution in [0.1, 0.15) is 36.0 Å². The average Bonchev–Trinajstić information content (AvgIpc) is 3.51. The summed E-state index contributed by atoms with van der Waals surface area (Å²) in [6, 6.07) is 8.57. The van der Waals surface area contributed by atoms with Crippen molar-refractivity contribution in [1.82, 2.24) is 19.2 Å². The van der Waals surface area contributed by atoms with Gasteiger partial charge in [-0.3, -0.25) is 4.79 Å². The Morgan fingerprint density at radius 2 is 1.65 bits per heavy atom. The summed E-state index contributed by atoms with van der Waals surface area (Å²) in [5.41, 5.74) is 2.62. The van der Waals surface area contributed by atoms with E-state index in [9.17, 15) is 17.8 Å². The molecule has 0 saturated carbocycles. The van der Waals surface area contributed by atoms with Gasteiger partial charge in [0.25, 0.3) is 5.91 Å². The van der Waals surface area contributed by atoms with E-state index in [0.717, 1.165) is 74.5 Å². The zero-order valence-electron chi connectivity index (χ0n) is 19.1. The smallest absolute Gasteiger partial charge is 0.255 e. The molecule has 2 fully saturated rings. The third-order valence-electron chi connectivity index (χ3n) is 6.18. The Hall–Kier alpha value is -2.85. The van der Waals surface area contributed by atoms with Crippen LogP contribution in [0.2, 0.25) is 0 Å². The Balaban J connectivity index is 0.000000291. The predicted molar refractivity (Wildman–Crippen MR) is 129 cm³/mol. The SMILES string of the molecule is CS(=O)N1CCC(NC(=O)c2cnn3ccc(N4CCCC4)cc23)CC1.Fc1ccc(F)cc1. The molecule has 2 aliphatic heterocycles. The van der Waals surface area contributed by atoms with Gasteiger partial charge in [-0.05, 0) is 62.1 Å². The Morgan fingerprint density at radius 3 is 2.24 bits per heavy atom. The minimum Gasteiger partial charge on any atom is -0.371 e. The Morgan fingerprint density at radius 1 is 1.03 bits per heavy atom. The summed E-state index contributed by atoms with van der Waals surface area (Å²) in [4.78, 5) is 15.1. The number of benzene rings is 1. The van der Waals surface area contributed by atoms with Crippen LogP contribution in [0, 0.1) is 11.6 Å². The topological polar surface area (TPSA) is 70.0 Å². The Kier molecular flexibility index (Phi) is 7.89. The molecule has 3 aromatic rings. The molecule has 1 aromatic carbocycles. The van der Waals surface area contributed by atoms with E-state index in [-0.39, 0.29) is 11.9 Å². The van der Waals surface area contributed by atoms with Crippen molar-refractivity contribution in [2.45, 2.75) is 31.7 Å². The summed E-state index contributed by atoms with van der Waals surface area (Å²) in [5, 5.41) is 7.46. The minimum atomic E-state index is -0.929. The number of halogens is 2. The largest absolute Gasteiger partial charge is 0.371 e. The van der Waals surface area contributed by atoms with Gasteiger partial charge in [0, 0.05) is 50.4 Å². The second kappa shape index (κ2) is 11.1. The molecule has 1 unspecified atom stereocenters. The third kappa shape index (κ3) is 5.98. The number of amides is 1. The molecule has 1 amide bonds. The zero-order valence-corrected chi connectivity index (χ0v) is 19.9. The van der Waals surface area contributed by atoms with Crippen LogP contribution in [0.5, 0.6) is 0 Å². The highest BCUT2D eigenvalue weighted by atomic mass is 32.2. The number of aromatic nitrogens is 2. The van der Waals surface area contributed by atoms with Crippen molar-refractivity contribution in [1.29, 1.82) is 0 Å². The first-order valence-corrected chi connectivity index (χ1v) is 12.9. The Labute approximate surface area is 200 Å². The fourth-order valence-electron chi connectivity index (χ4n) is 4.27. The van der Waals surface area contributed by atoms with Gasteiger partial charge in [0.2, 0.25) is 0 Å². The monoisotopic (exact) mass is 489 g/mol. The first-order valence-electron chi connectivity index (χ1n) is 11.4. The first kappa shape index (κ1) is 24.3. The summed E-state index contributed by atoms with van der Waals surface area (Å²) in [5.74, 6) is -0.896. The third-order valence-corrected chi connectivity index (χ3v) is 7.27. The molecule has 10 heteroatoms. The minimum absolute atomic E-state index is 0.0744. The lowest BCUT2D eigenvalue weighted by molar-refractivity contribution is 0.0926. The zero-order chi connectivity index (χ0) is 24.1. The maximum Gasteiger partial charge on any atom is 0.255 e. The summed E-state index contributed by atoms with van der Waals surface area (Å²) < 4.78 is 39.1.